The SMILES string of the molecule is COCNC(=O)c1ccc(-c2ccc(C(NC(CC(C)C)C(=O)NCC#N)C(F)(F)F)cc2)cc1. The Morgan fingerprint density at radius 3 is 2.06 bits per heavy atom. The molecule has 2 amide bonds. The summed E-state index contributed by atoms with van der Waals surface area (Å²) < 4.78 is 46.7. The normalized spacial score (nSPS) is 13.1. The lowest BCUT2D eigenvalue weighted by molar-refractivity contribution is -0.161. The van der Waals surface area contributed by atoms with Gasteiger partial charge in [-0.15, -0.1) is 0 Å². The summed E-state index contributed by atoms with van der Waals surface area (Å²) in [5, 5.41) is 16.0. The molecule has 0 aliphatic rings. The predicted molar refractivity (Wildman–Crippen MR) is 125 cm³/mol. The van der Waals surface area contributed by atoms with Crippen LogP contribution >= 0.6 is 0 Å². The molecule has 7 nitrogen and oxygen atoms in total. The van der Waals surface area contributed by atoms with Crippen LogP contribution in [0.25, 0.3) is 11.1 Å². The quantitative estimate of drug-likeness (QED) is 0.327. The molecule has 0 aliphatic carbocycles. The maximum Gasteiger partial charge on any atom is 0.407 e. The number of nitrogens with zero attached hydrogens (tertiary/aromatic N) is 1. The van der Waals surface area contributed by atoms with Crippen LogP contribution in [0.15, 0.2) is 48.5 Å². The Balaban J connectivity index is 2.24. The van der Waals surface area contributed by atoms with Crippen molar-refractivity contribution in [1.82, 2.24) is 16.0 Å². The summed E-state index contributed by atoms with van der Waals surface area (Å²) in [6, 6.07) is 11.0. The van der Waals surface area contributed by atoms with E-state index in [9.17, 15) is 22.8 Å². The Hall–Kier alpha value is -3.42. The van der Waals surface area contributed by atoms with Gasteiger partial charge in [0.1, 0.15) is 19.3 Å². The molecule has 35 heavy (non-hydrogen) atoms. The van der Waals surface area contributed by atoms with E-state index in [0.717, 1.165) is 5.56 Å². The predicted octanol–water partition coefficient (Wildman–Crippen LogP) is 3.93. The van der Waals surface area contributed by atoms with Gasteiger partial charge in [-0.3, -0.25) is 14.9 Å². The van der Waals surface area contributed by atoms with E-state index in [4.69, 9.17) is 10.00 Å². The molecule has 3 N–H and O–H groups in total. The Kier molecular flexibility index (Phi) is 10.2. The highest BCUT2D eigenvalue weighted by Crippen LogP contribution is 2.34. The van der Waals surface area contributed by atoms with Crippen molar-refractivity contribution in [2.45, 2.75) is 38.5 Å². The van der Waals surface area contributed by atoms with Gasteiger partial charge in [-0.05, 0) is 41.2 Å². The first-order chi connectivity index (χ1) is 16.6. The van der Waals surface area contributed by atoms with Gasteiger partial charge in [0.25, 0.3) is 5.91 Å². The van der Waals surface area contributed by atoms with Gasteiger partial charge < -0.3 is 15.4 Å². The average molecular weight is 491 g/mol. The summed E-state index contributed by atoms with van der Waals surface area (Å²) in [6.07, 6.45) is -4.48. The van der Waals surface area contributed by atoms with E-state index in [0.29, 0.717) is 11.1 Å². The molecule has 0 bridgehead atoms. The molecule has 188 valence electrons. The molecule has 0 radical (unpaired) electrons. The van der Waals surface area contributed by atoms with Crippen LogP contribution in [-0.2, 0) is 9.53 Å². The number of amides is 2. The number of halogens is 3. The molecule has 2 atom stereocenters. The van der Waals surface area contributed by atoms with Crippen LogP contribution < -0.4 is 16.0 Å². The number of rotatable bonds is 11. The first-order valence-electron chi connectivity index (χ1n) is 11.0. The van der Waals surface area contributed by atoms with Gasteiger partial charge in [0.05, 0.1) is 12.1 Å². The van der Waals surface area contributed by atoms with Crippen molar-refractivity contribution >= 4 is 11.8 Å². The summed E-state index contributed by atoms with van der Waals surface area (Å²) in [7, 11) is 1.46. The van der Waals surface area contributed by atoms with Crippen LogP contribution in [0.1, 0.15) is 42.2 Å². The Bertz CT molecular complexity index is 1020. The van der Waals surface area contributed by atoms with Crippen LogP contribution in [0.2, 0.25) is 0 Å². The first-order valence-corrected chi connectivity index (χ1v) is 11.0. The molecule has 0 saturated carbocycles. The van der Waals surface area contributed by atoms with Gasteiger partial charge in [-0.1, -0.05) is 50.2 Å². The lowest BCUT2D eigenvalue weighted by Crippen LogP contribution is -2.49. The zero-order valence-corrected chi connectivity index (χ0v) is 19.8. The maximum atomic E-state index is 14.0. The van der Waals surface area contributed by atoms with Crippen molar-refractivity contribution in [3.63, 3.8) is 0 Å². The molecule has 2 unspecified atom stereocenters. The minimum atomic E-state index is -4.65. The molecule has 0 saturated heterocycles. The van der Waals surface area contributed by atoms with Crippen LogP contribution in [0, 0.1) is 17.2 Å². The van der Waals surface area contributed by atoms with E-state index in [1.807, 2.05) is 0 Å². The minimum absolute atomic E-state index is 0.0429. The highest BCUT2D eigenvalue weighted by molar-refractivity contribution is 5.94. The molecule has 2 rings (SSSR count). The molecular formula is C25H29F3N4O3. The van der Waals surface area contributed by atoms with Crippen molar-refractivity contribution in [3.05, 3.63) is 59.7 Å². The average Bonchev–Trinajstić information content (AvgIpc) is 2.82. The van der Waals surface area contributed by atoms with E-state index < -0.39 is 24.2 Å². The van der Waals surface area contributed by atoms with Crippen LogP contribution in [-0.4, -0.2) is 44.4 Å². The number of nitrogens with one attached hydrogen (secondary N) is 3. The van der Waals surface area contributed by atoms with Crippen molar-refractivity contribution < 1.29 is 27.5 Å². The molecule has 2 aromatic rings. The molecule has 10 heteroatoms. The summed E-state index contributed by atoms with van der Waals surface area (Å²) >= 11 is 0. The third-order valence-corrected chi connectivity index (χ3v) is 5.16. The Morgan fingerprint density at radius 2 is 1.57 bits per heavy atom. The number of carbonyl (C=O) groups excluding carboxylic acids is 2. The summed E-state index contributed by atoms with van der Waals surface area (Å²) in [5.74, 6) is -1.00. The van der Waals surface area contributed by atoms with E-state index in [1.54, 1.807) is 56.3 Å². The Morgan fingerprint density at radius 1 is 1.00 bits per heavy atom. The molecule has 0 heterocycles. The summed E-state index contributed by atoms with van der Waals surface area (Å²) in [4.78, 5) is 24.4. The molecule has 0 aromatic heterocycles. The second kappa shape index (κ2) is 12.9. The number of ether oxygens (including phenoxy) is 1. The topological polar surface area (TPSA) is 103 Å². The lowest BCUT2D eigenvalue weighted by atomic mass is 9.97. The Labute approximate surface area is 202 Å². The fourth-order valence-corrected chi connectivity index (χ4v) is 3.47. The summed E-state index contributed by atoms with van der Waals surface area (Å²) in [5.41, 5.74) is 1.78. The number of nitriles is 1. The number of hydrogen-bond donors (Lipinski definition) is 3. The molecular weight excluding hydrogens is 461 g/mol. The second-order valence-electron chi connectivity index (χ2n) is 8.34. The second-order valence-corrected chi connectivity index (χ2v) is 8.34. The van der Waals surface area contributed by atoms with E-state index in [2.05, 4.69) is 16.0 Å². The number of carbonyl (C=O) groups is 2. The van der Waals surface area contributed by atoms with E-state index in [-0.39, 0.29) is 37.1 Å². The van der Waals surface area contributed by atoms with E-state index in [1.165, 1.54) is 19.2 Å². The lowest BCUT2D eigenvalue weighted by Gasteiger charge is -2.28. The van der Waals surface area contributed by atoms with Crippen LogP contribution in [0.5, 0.6) is 0 Å². The maximum absolute atomic E-state index is 14.0. The number of benzene rings is 2. The largest absolute Gasteiger partial charge is 0.407 e. The number of methoxy groups -OCH3 is 1. The zero-order chi connectivity index (χ0) is 26.0. The molecule has 2 aromatic carbocycles. The van der Waals surface area contributed by atoms with Gasteiger partial charge in [-0.25, -0.2) is 0 Å². The standard InChI is InChI=1S/C25H29F3N4O3/c1-16(2)14-21(24(34)30-13-12-29)32-22(25(26,27)28)19-8-4-17(5-9-19)18-6-10-20(11-7-18)23(33)31-15-35-3/h4-11,16,21-22,32H,13-15H2,1-3H3,(H,30,34)(H,31,33). The third-order valence-electron chi connectivity index (χ3n) is 5.16. The van der Waals surface area contributed by atoms with Crippen LogP contribution in [0.4, 0.5) is 13.2 Å². The third kappa shape index (κ3) is 8.38. The molecule has 0 aliphatic heterocycles. The minimum Gasteiger partial charge on any atom is -0.364 e. The van der Waals surface area contributed by atoms with Crippen LogP contribution in [0.3, 0.4) is 0 Å². The molecule has 0 spiro atoms. The van der Waals surface area contributed by atoms with E-state index >= 15 is 0 Å². The molecule has 0 fully saturated rings. The highest BCUT2D eigenvalue weighted by Gasteiger charge is 2.42. The van der Waals surface area contributed by atoms with Gasteiger partial charge in [0.15, 0.2) is 0 Å². The fourth-order valence-electron chi connectivity index (χ4n) is 3.47. The zero-order valence-electron chi connectivity index (χ0n) is 19.8. The van der Waals surface area contributed by atoms with Gasteiger partial charge in [0, 0.05) is 12.7 Å². The van der Waals surface area contributed by atoms with Crippen molar-refractivity contribution in [2.24, 2.45) is 5.92 Å². The smallest absolute Gasteiger partial charge is 0.364 e. The first kappa shape index (κ1) is 27.8. The fraction of sp³-hybridized carbons (Fsp3) is 0.400. The van der Waals surface area contributed by atoms with Crippen molar-refractivity contribution in [2.75, 3.05) is 20.4 Å². The van der Waals surface area contributed by atoms with Gasteiger partial charge >= 0.3 is 6.18 Å². The summed E-state index contributed by atoms with van der Waals surface area (Å²) in [6.45, 7) is 3.40. The highest BCUT2D eigenvalue weighted by atomic mass is 19.4. The number of alkyl halides is 3. The van der Waals surface area contributed by atoms with Crippen molar-refractivity contribution in [3.8, 4) is 17.2 Å². The van der Waals surface area contributed by atoms with Crippen molar-refractivity contribution in [1.29, 1.82) is 5.26 Å². The van der Waals surface area contributed by atoms with Gasteiger partial charge in [-0.2, -0.15) is 18.4 Å². The van der Waals surface area contributed by atoms with Gasteiger partial charge in [0.2, 0.25) is 5.91 Å². The monoisotopic (exact) mass is 490 g/mol. The number of hydrogen-bond acceptors (Lipinski definition) is 5.